The fourth-order valence-electron chi connectivity index (χ4n) is 2.49. The first-order chi connectivity index (χ1) is 10.3. The van der Waals surface area contributed by atoms with E-state index in [1.807, 2.05) is 38.4 Å². The Morgan fingerprint density at radius 3 is 2.50 bits per heavy atom. The van der Waals surface area contributed by atoms with Gasteiger partial charge in [-0.1, -0.05) is 12.1 Å². The number of rotatable bonds is 4. The molecule has 1 aliphatic heterocycles. The Hall–Kier alpha value is -1.92. The molecule has 1 saturated heterocycles. The highest BCUT2D eigenvalue weighted by Gasteiger charge is 2.39. The van der Waals surface area contributed by atoms with Crippen LogP contribution < -0.4 is 5.73 Å². The fourth-order valence-corrected chi connectivity index (χ4v) is 2.49. The minimum Gasteiger partial charge on any atom is -0.367 e. The summed E-state index contributed by atoms with van der Waals surface area (Å²) in [4.78, 5) is 27.7. The second-order valence-electron chi connectivity index (χ2n) is 6.10. The lowest BCUT2D eigenvalue weighted by Gasteiger charge is -2.38. The average molecular weight is 305 g/mol. The number of nitrogens with zero attached hydrogens (tertiary/aromatic N) is 2. The Balaban J connectivity index is 2.09. The van der Waals surface area contributed by atoms with Gasteiger partial charge in [0.25, 0.3) is 11.8 Å². The number of morpholine rings is 1. The van der Waals surface area contributed by atoms with Crippen molar-refractivity contribution in [2.24, 2.45) is 5.73 Å². The van der Waals surface area contributed by atoms with Crippen LogP contribution in [0, 0.1) is 0 Å². The van der Waals surface area contributed by atoms with Gasteiger partial charge in [-0.2, -0.15) is 0 Å². The van der Waals surface area contributed by atoms with Crippen LogP contribution in [-0.2, 0) is 16.1 Å². The molecule has 1 aromatic rings. The van der Waals surface area contributed by atoms with E-state index >= 15 is 0 Å². The number of primary amides is 1. The molecule has 0 radical (unpaired) electrons. The predicted octanol–water partition coefficient (Wildman–Crippen LogP) is 0.465. The topological polar surface area (TPSA) is 75.9 Å². The molecule has 0 aromatic heterocycles. The van der Waals surface area contributed by atoms with Crippen LogP contribution in [0.25, 0.3) is 0 Å². The smallest absolute Gasteiger partial charge is 0.254 e. The van der Waals surface area contributed by atoms with Gasteiger partial charge < -0.3 is 20.3 Å². The molecule has 1 fully saturated rings. The Morgan fingerprint density at radius 1 is 1.32 bits per heavy atom. The first-order valence-electron chi connectivity index (χ1n) is 7.28. The molecule has 1 aromatic carbocycles. The van der Waals surface area contributed by atoms with Crippen molar-refractivity contribution in [1.29, 1.82) is 0 Å². The van der Waals surface area contributed by atoms with Gasteiger partial charge in [0, 0.05) is 18.7 Å². The maximum Gasteiger partial charge on any atom is 0.254 e. The van der Waals surface area contributed by atoms with E-state index in [-0.39, 0.29) is 12.5 Å². The number of ether oxygens (including phenoxy) is 1. The summed E-state index contributed by atoms with van der Waals surface area (Å²) in [7, 11) is 3.99. The number of nitrogens with two attached hydrogens (primary N) is 1. The van der Waals surface area contributed by atoms with Gasteiger partial charge in [0.05, 0.1) is 13.2 Å². The molecule has 0 saturated carbocycles. The second-order valence-corrected chi connectivity index (χ2v) is 6.10. The maximum absolute atomic E-state index is 12.6. The minimum absolute atomic E-state index is 0.104. The molecule has 2 N–H and O–H groups in total. The molecule has 0 unspecified atom stereocenters. The van der Waals surface area contributed by atoms with Crippen LogP contribution >= 0.6 is 0 Å². The molecule has 0 bridgehead atoms. The van der Waals surface area contributed by atoms with E-state index in [1.165, 1.54) is 0 Å². The van der Waals surface area contributed by atoms with E-state index in [1.54, 1.807) is 11.8 Å². The van der Waals surface area contributed by atoms with Crippen LogP contribution in [0.2, 0.25) is 0 Å². The van der Waals surface area contributed by atoms with Crippen molar-refractivity contribution < 1.29 is 14.3 Å². The lowest BCUT2D eigenvalue weighted by molar-refractivity contribution is -0.150. The number of hydrogen-bond donors (Lipinski definition) is 1. The molecule has 1 heterocycles. The van der Waals surface area contributed by atoms with Gasteiger partial charge >= 0.3 is 0 Å². The summed E-state index contributed by atoms with van der Waals surface area (Å²) in [5, 5.41) is 0. The number of benzene rings is 1. The summed E-state index contributed by atoms with van der Waals surface area (Å²) >= 11 is 0. The molecule has 6 heteroatoms. The van der Waals surface area contributed by atoms with E-state index < -0.39 is 11.5 Å². The van der Waals surface area contributed by atoms with Gasteiger partial charge in [-0.05, 0) is 38.7 Å². The lowest BCUT2D eigenvalue weighted by atomic mass is 10.0. The third-order valence-electron chi connectivity index (χ3n) is 3.78. The molecule has 0 spiro atoms. The Kier molecular flexibility index (Phi) is 4.83. The highest BCUT2D eigenvalue weighted by Crippen LogP contribution is 2.19. The van der Waals surface area contributed by atoms with Crippen molar-refractivity contribution in [3.05, 3.63) is 35.4 Å². The summed E-state index contributed by atoms with van der Waals surface area (Å²) in [5.74, 6) is -0.654. The Bertz CT molecular complexity index is 556. The number of carbonyl (C=O) groups is 2. The number of hydrogen-bond acceptors (Lipinski definition) is 4. The van der Waals surface area contributed by atoms with Crippen molar-refractivity contribution in [3.8, 4) is 0 Å². The highest BCUT2D eigenvalue weighted by molar-refractivity contribution is 5.95. The van der Waals surface area contributed by atoms with Gasteiger partial charge in [-0.25, -0.2) is 0 Å². The Morgan fingerprint density at radius 2 is 1.95 bits per heavy atom. The first kappa shape index (κ1) is 16.5. The quantitative estimate of drug-likeness (QED) is 0.877. The zero-order valence-electron chi connectivity index (χ0n) is 13.3. The van der Waals surface area contributed by atoms with Crippen molar-refractivity contribution in [2.45, 2.75) is 19.1 Å². The van der Waals surface area contributed by atoms with E-state index in [2.05, 4.69) is 4.90 Å². The highest BCUT2D eigenvalue weighted by atomic mass is 16.5. The summed E-state index contributed by atoms with van der Waals surface area (Å²) in [6.07, 6.45) is 0. The maximum atomic E-state index is 12.6. The van der Waals surface area contributed by atoms with E-state index in [0.29, 0.717) is 18.7 Å². The van der Waals surface area contributed by atoms with E-state index in [9.17, 15) is 9.59 Å². The normalized spacial score (nSPS) is 21.9. The molecule has 120 valence electrons. The van der Waals surface area contributed by atoms with Crippen molar-refractivity contribution in [1.82, 2.24) is 9.80 Å². The molecule has 1 aliphatic rings. The molecule has 1 atom stereocenters. The van der Waals surface area contributed by atoms with Crippen LogP contribution in [0.1, 0.15) is 22.8 Å². The monoisotopic (exact) mass is 305 g/mol. The summed E-state index contributed by atoms with van der Waals surface area (Å²) in [6, 6.07) is 7.53. The zero-order valence-corrected chi connectivity index (χ0v) is 13.3. The van der Waals surface area contributed by atoms with Crippen LogP contribution in [0.15, 0.2) is 24.3 Å². The SMILES string of the molecule is CN(C)Cc1ccc(C(=O)N2CCO[C@@](C)(C(N)=O)C2)cc1. The largest absolute Gasteiger partial charge is 0.367 e. The minimum atomic E-state index is -1.11. The van der Waals surface area contributed by atoms with Crippen LogP contribution in [-0.4, -0.2) is 61.0 Å². The van der Waals surface area contributed by atoms with Gasteiger partial charge in [0.15, 0.2) is 5.60 Å². The second kappa shape index (κ2) is 6.46. The van der Waals surface area contributed by atoms with Crippen molar-refractivity contribution in [2.75, 3.05) is 33.8 Å². The van der Waals surface area contributed by atoms with Gasteiger partial charge in [0.1, 0.15) is 0 Å². The van der Waals surface area contributed by atoms with E-state index in [0.717, 1.165) is 12.1 Å². The van der Waals surface area contributed by atoms with Crippen LogP contribution in [0.3, 0.4) is 0 Å². The summed E-state index contributed by atoms with van der Waals surface area (Å²) < 4.78 is 5.43. The Labute approximate surface area is 130 Å². The molecular weight excluding hydrogens is 282 g/mol. The molecule has 22 heavy (non-hydrogen) atoms. The van der Waals surface area contributed by atoms with Gasteiger partial charge in [0.2, 0.25) is 0 Å². The number of carbonyl (C=O) groups excluding carboxylic acids is 2. The summed E-state index contributed by atoms with van der Waals surface area (Å²) in [6.45, 7) is 3.40. The molecule has 2 rings (SSSR count). The third-order valence-corrected chi connectivity index (χ3v) is 3.78. The lowest BCUT2D eigenvalue weighted by Crippen LogP contribution is -2.58. The van der Waals surface area contributed by atoms with Crippen LogP contribution in [0.4, 0.5) is 0 Å². The van der Waals surface area contributed by atoms with Crippen molar-refractivity contribution >= 4 is 11.8 Å². The molecular formula is C16H23N3O3. The standard InChI is InChI=1S/C16H23N3O3/c1-16(15(17)21)11-19(8-9-22-16)14(20)13-6-4-12(5-7-13)10-18(2)3/h4-7H,8-11H2,1-3H3,(H2,17,21)/t16-/m1/s1. The zero-order chi connectivity index (χ0) is 16.3. The predicted molar refractivity (Wildman–Crippen MR) is 83.3 cm³/mol. The van der Waals surface area contributed by atoms with Crippen LogP contribution in [0.5, 0.6) is 0 Å². The van der Waals surface area contributed by atoms with Gasteiger partial charge in [-0.15, -0.1) is 0 Å². The van der Waals surface area contributed by atoms with Crippen molar-refractivity contribution in [3.63, 3.8) is 0 Å². The van der Waals surface area contributed by atoms with Gasteiger partial charge in [-0.3, -0.25) is 9.59 Å². The summed E-state index contributed by atoms with van der Waals surface area (Å²) in [5.41, 5.74) is 6.00. The van der Waals surface area contributed by atoms with E-state index in [4.69, 9.17) is 10.5 Å². The fraction of sp³-hybridized carbons (Fsp3) is 0.500. The average Bonchev–Trinajstić information content (AvgIpc) is 2.46. The number of amides is 2. The first-order valence-corrected chi connectivity index (χ1v) is 7.28. The molecule has 6 nitrogen and oxygen atoms in total. The third kappa shape index (κ3) is 3.64. The molecule has 0 aliphatic carbocycles. The molecule has 2 amide bonds.